The Morgan fingerprint density at radius 3 is 2.68 bits per heavy atom. The number of aryl methyl sites for hydroxylation is 2. The molecule has 2 aliphatic rings. The summed E-state index contributed by atoms with van der Waals surface area (Å²) in [5, 5.41) is 4.87. The van der Waals surface area contributed by atoms with Gasteiger partial charge < -0.3 is 9.64 Å². The van der Waals surface area contributed by atoms with Crippen LogP contribution in [-0.2, 0) is 32.5 Å². The molecule has 0 aliphatic carbocycles. The van der Waals surface area contributed by atoms with E-state index in [-0.39, 0.29) is 6.04 Å². The number of likely N-dealkylation sites (N-methyl/N-ethyl adjacent to an activating group) is 1. The highest BCUT2D eigenvalue weighted by Crippen LogP contribution is 2.38. The van der Waals surface area contributed by atoms with Crippen LogP contribution in [0.1, 0.15) is 53.9 Å². The Bertz CT molecular complexity index is 1420. The summed E-state index contributed by atoms with van der Waals surface area (Å²) in [4.78, 5) is 19.1. The van der Waals surface area contributed by atoms with Gasteiger partial charge in [-0.3, -0.25) is 14.6 Å². The van der Waals surface area contributed by atoms with Crippen LogP contribution in [0.25, 0.3) is 11.4 Å². The first-order valence-electron chi connectivity index (χ1n) is 13.6. The molecule has 8 nitrogen and oxygen atoms in total. The maximum absolute atomic E-state index is 5.62. The number of hydrogen-bond acceptors (Lipinski definition) is 7. The van der Waals surface area contributed by atoms with E-state index in [4.69, 9.17) is 19.8 Å². The van der Waals surface area contributed by atoms with Gasteiger partial charge in [-0.05, 0) is 49.2 Å². The number of nitrogens with zero attached hydrogens (tertiary/aromatic N) is 7. The lowest BCUT2D eigenvalue weighted by Crippen LogP contribution is -2.35. The van der Waals surface area contributed by atoms with Crippen molar-refractivity contribution in [2.45, 2.75) is 58.3 Å². The second-order valence-corrected chi connectivity index (χ2v) is 10.3. The van der Waals surface area contributed by atoms with Crippen molar-refractivity contribution >= 4 is 5.82 Å². The summed E-state index contributed by atoms with van der Waals surface area (Å²) >= 11 is 0. The molecule has 2 aliphatic heterocycles. The van der Waals surface area contributed by atoms with Gasteiger partial charge in [0.25, 0.3) is 0 Å². The third kappa shape index (κ3) is 4.65. The summed E-state index contributed by atoms with van der Waals surface area (Å²) in [6, 6.07) is 17.7. The smallest absolute Gasteiger partial charge is 0.318 e. The Kier molecular flexibility index (Phi) is 6.81. The van der Waals surface area contributed by atoms with Gasteiger partial charge in [0.05, 0.1) is 30.7 Å². The van der Waals surface area contributed by atoms with Gasteiger partial charge in [-0.1, -0.05) is 43.7 Å². The normalized spacial score (nSPS) is 17.6. The van der Waals surface area contributed by atoms with Gasteiger partial charge in [-0.15, -0.1) is 0 Å². The van der Waals surface area contributed by atoms with Gasteiger partial charge in [0.1, 0.15) is 11.5 Å². The third-order valence-corrected chi connectivity index (χ3v) is 7.73. The Labute approximate surface area is 224 Å². The molecule has 0 saturated heterocycles. The molecule has 4 aromatic rings. The number of anilines is 1. The van der Waals surface area contributed by atoms with Gasteiger partial charge in [0.2, 0.25) is 0 Å². The van der Waals surface area contributed by atoms with Crippen LogP contribution in [0.2, 0.25) is 0 Å². The van der Waals surface area contributed by atoms with Crippen LogP contribution in [0.15, 0.2) is 54.7 Å². The van der Waals surface area contributed by atoms with Crippen molar-refractivity contribution in [2.24, 2.45) is 0 Å². The van der Waals surface area contributed by atoms with Gasteiger partial charge in [0.15, 0.2) is 0 Å². The highest BCUT2D eigenvalue weighted by molar-refractivity contribution is 5.56. The van der Waals surface area contributed by atoms with E-state index in [0.29, 0.717) is 6.01 Å². The molecule has 1 atom stereocenters. The molecule has 0 bridgehead atoms. The fraction of sp³-hybridized carbons (Fsp3) is 0.400. The first-order chi connectivity index (χ1) is 18.6. The third-order valence-electron chi connectivity index (χ3n) is 7.73. The molecule has 6 rings (SSSR count). The summed E-state index contributed by atoms with van der Waals surface area (Å²) in [5.74, 6) is 0.980. The van der Waals surface area contributed by atoms with E-state index in [0.717, 1.165) is 74.8 Å². The Hall–Kier alpha value is -3.78. The molecule has 0 N–H and O–H groups in total. The first-order valence-corrected chi connectivity index (χ1v) is 13.6. The van der Waals surface area contributed by atoms with Gasteiger partial charge in [-0.25, -0.2) is 0 Å². The number of benzene rings is 1. The maximum atomic E-state index is 5.62. The summed E-state index contributed by atoms with van der Waals surface area (Å²) in [7, 11) is 3.88. The Morgan fingerprint density at radius 2 is 1.87 bits per heavy atom. The van der Waals surface area contributed by atoms with Crippen molar-refractivity contribution in [1.29, 1.82) is 0 Å². The molecule has 8 heteroatoms. The first kappa shape index (κ1) is 24.6. The van der Waals surface area contributed by atoms with Gasteiger partial charge in [0, 0.05) is 43.9 Å². The Morgan fingerprint density at radius 1 is 1.00 bits per heavy atom. The molecule has 5 heterocycles. The molecule has 1 aromatic carbocycles. The van der Waals surface area contributed by atoms with Crippen LogP contribution < -0.4 is 9.64 Å². The van der Waals surface area contributed by atoms with E-state index in [1.165, 1.54) is 22.4 Å². The quantitative estimate of drug-likeness (QED) is 0.368. The van der Waals surface area contributed by atoms with Crippen molar-refractivity contribution in [2.75, 3.05) is 25.6 Å². The van der Waals surface area contributed by atoms with E-state index in [2.05, 4.69) is 63.8 Å². The van der Waals surface area contributed by atoms with Crippen LogP contribution in [0, 0.1) is 0 Å². The average Bonchev–Trinajstić information content (AvgIpc) is 3.24. The van der Waals surface area contributed by atoms with E-state index in [9.17, 15) is 0 Å². The lowest BCUT2D eigenvalue weighted by molar-refractivity contribution is 0.212. The van der Waals surface area contributed by atoms with Crippen LogP contribution in [0.4, 0.5) is 5.82 Å². The summed E-state index contributed by atoms with van der Waals surface area (Å²) in [5.41, 5.74) is 8.12. The zero-order valence-electron chi connectivity index (χ0n) is 22.5. The topological polar surface area (TPSA) is 72.2 Å². The average molecular weight is 510 g/mol. The fourth-order valence-electron chi connectivity index (χ4n) is 5.86. The Balaban J connectivity index is 1.34. The molecule has 0 spiro atoms. The molecule has 0 radical (unpaired) electrons. The van der Waals surface area contributed by atoms with E-state index in [1.54, 1.807) is 7.11 Å². The number of aromatic nitrogens is 5. The monoisotopic (exact) mass is 509 g/mol. The number of rotatable bonds is 6. The molecule has 196 valence electrons. The van der Waals surface area contributed by atoms with E-state index >= 15 is 0 Å². The minimum absolute atomic E-state index is 0.282. The number of pyridine rings is 1. The van der Waals surface area contributed by atoms with E-state index in [1.807, 2.05) is 24.4 Å². The highest BCUT2D eigenvalue weighted by atomic mass is 16.5. The number of fused-ring (bicyclic) bond motifs is 2. The van der Waals surface area contributed by atoms with Gasteiger partial charge in [-0.2, -0.15) is 15.1 Å². The molecule has 3 aromatic heterocycles. The number of methoxy groups -OCH3 is 1. The molecule has 0 saturated carbocycles. The van der Waals surface area contributed by atoms with Crippen molar-refractivity contribution in [1.82, 2.24) is 29.6 Å². The van der Waals surface area contributed by atoms with Crippen LogP contribution in [0.5, 0.6) is 6.01 Å². The second-order valence-electron chi connectivity index (χ2n) is 10.3. The fourth-order valence-corrected chi connectivity index (χ4v) is 5.86. The summed E-state index contributed by atoms with van der Waals surface area (Å²) in [6.45, 7) is 5.56. The largest absolute Gasteiger partial charge is 0.467 e. The zero-order valence-corrected chi connectivity index (χ0v) is 22.5. The molecule has 0 fully saturated rings. The van der Waals surface area contributed by atoms with Gasteiger partial charge >= 0.3 is 6.01 Å². The molecular weight excluding hydrogens is 474 g/mol. The molecule has 0 amide bonds. The van der Waals surface area contributed by atoms with Crippen molar-refractivity contribution in [3.05, 3.63) is 82.8 Å². The molecular formula is C30H35N7O. The molecule has 1 unspecified atom stereocenters. The second kappa shape index (κ2) is 10.5. The minimum atomic E-state index is 0.282. The predicted molar refractivity (Wildman–Crippen MR) is 148 cm³/mol. The highest BCUT2D eigenvalue weighted by Gasteiger charge is 2.32. The van der Waals surface area contributed by atoms with Crippen molar-refractivity contribution in [3.8, 4) is 17.4 Å². The minimum Gasteiger partial charge on any atom is -0.467 e. The van der Waals surface area contributed by atoms with Crippen molar-refractivity contribution in [3.63, 3.8) is 0 Å². The molecule has 38 heavy (non-hydrogen) atoms. The number of hydrogen-bond donors (Lipinski definition) is 0. The van der Waals surface area contributed by atoms with Crippen LogP contribution in [-0.4, -0.2) is 50.3 Å². The lowest BCUT2D eigenvalue weighted by Gasteiger charge is -2.37. The van der Waals surface area contributed by atoms with Crippen LogP contribution in [0.3, 0.4) is 0 Å². The summed E-state index contributed by atoms with van der Waals surface area (Å²) in [6.07, 6.45) is 5.87. The number of ether oxygens (including phenoxy) is 1. The predicted octanol–water partition coefficient (Wildman–Crippen LogP) is 4.84. The zero-order chi connectivity index (χ0) is 26.1. The maximum Gasteiger partial charge on any atom is 0.318 e. The van der Waals surface area contributed by atoms with E-state index < -0.39 is 0 Å². The summed E-state index contributed by atoms with van der Waals surface area (Å²) < 4.78 is 7.74. The standard InChI is InChI=1S/C30H35N7O/c1-4-10-21-11-5-6-12-23(21)28-18-26-24(20-35(28)2)29(33-30(32-26)38-3)36-15-9-16-37-22(19-36)17-27(34-37)25-13-7-8-14-31-25/h5-8,11-14,17,28H,4,9-10,15-16,18-20H2,1-3H3. The SMILES string of the molecule is CCCc1ccccc1C1Cc2nc(OC)nc(N3CCCn4nc(-c5ccccn5)cc4C3)c2CN1C. The van der Waals surface area contributed by atoms with Crippen LogP contribution >= 0.6 is 0 Å². The van der Waals surface area contributed by atoms with Crippen molar-refractivity contribution < 1.29 is 4.74 Å². The lowest BCUT2D eigenvalue weighted by atomic mass is 9.89.